The normalized spacial score (nSPS) is 14.4. The van der Waals surface area contributed by atoms with Gasteiger partial charge in [-0.15, -0.1) is 0 Å². The second-order valence-electron chi connectivity index (χ2n) is 13.2. The van der Waals surface area contributed by atoms with E-state index < -0.39 is 73.1 Å². The fraction of sp³-hybridized carbons (Fsp3) is 0.528. The van der Waals surface area contributed by atoms with Crippen LogP contribution in [-0.4, -0.2) is 101 Å². The number of aliphatic hydroxyl groups excluding tert-OH is 1. The van der Waals surface area contributed by atoms with Crippen molar-refractivity contribution < 1.29 is 39.1 Å². The minimum absolute atomic E-state index is 0.0877. The van der Waals surface area contributed by atoms with Gasteiger partial charge in [0, 0.05) is 5.56 Å². The van der Waals surface area contributed by atoms with Crippen molar-refractivity contribution in [2.45, 2.75) is 108 Å². The van der Waals surface area contributed by atoms with Gasteiger partial charge >= 0.3 is 7.12 Å². The molecule has 298 valence electrons. The smallest absolute Gasteiger partial charge is 0.425 e. The number of benzene rings is 2. The average Bonchev–Trinajstić information content (AvgIpc) is 3.15. The van der Waals surface area contributed by atoms with E-state index >= 15 is 0 Å². The number of carbonyl (C=O) groups excluding carboxylic acids is 5. The summed E-state index contributed by atoms with van der Waals surface area (Å²) in [5.41, 5.74) is 26.0. The Morgan fingerprint density at radius 2 is 1.19 bits per heavy atom. The number of unbranched alkanes of at least 4 members (excludes halogenated alkanes) is 3. The van der Waals surface area contributed by atoms with E-state index in [2.05, 4.69) is 45.6 Å². The van der Waals surface area contributed by atoms with E-state index in [1.165, 1.54) is 12.5 Å². The molecule has 0 radical (unpaired) electrons. The monoisotopic (exact) mass is 755 g/mol. The zero-order valence-corrected chi connectivity index (χ0v) is 31.1. The zero-order valence-electron chi connectivity index (χ0n) is 31.1. The molecule has 5 amide bonds. The highest BCUT2D eigenvalue weighted by Gasteiger charge is 2.33. The van der Waals surface area contributed by atoms with Crippen molar-refractivity contribution in [2.75, 3.05) is 13.1 Å². The van der Waals surface area contributed by atoms with Crippen LogP contribution >= 0.6 is 0 Å². The number of rotatable bonds is 24. The summed E-state index contributed by atoms with van der Waals surface area (Å²) in [6.07, 6.45) is 2.28. The first-order chi connectivity index (χ1) is 25.7. The lowest BCUT2D eigenvalue weighted by Crippen LogP contribution is -2.63. The molecule has 0 spiro atoms. The Balaban J connectivity index is 2.11. The van der Waals surface area contributed by atoms with Gasteiger partial charge in [-0.3, -0.25) is 24.0 Å². The molecule has 2 rings (SSSR count). The van der Waals surface area contributed by atoms with Crippen LogP contribution in [0, 0.1) is 0 Å². The van der Waals surface area contributed by atoms with Gasteiger partial charge in [-0.05, 0) is 100 Å². The van der Waals surface area contributed by atoms with Crippen LogP contribution in [0.2, 0.25) is 0 Å². The molecule has 16 N–H and O–H groups in total. The summed E-state index contributed by atoms with van der Waals surface area (Å²) < 4.78 is 0. The van der Waals surface area contributed by atoms with E-state index in [1.807, 2.05) is 24.3 Å². The Bertz CT molecular complexity index is 1480. The Morgan fingerprint density at radius 3 is 1.69 bits per heavy atom. The van der Waals surface area contributed by atoms with Crippen molar-refractivity contribution in [3.8, 4) is 11.1 Å². The maximum absolute atomic E-state index is 13.5. The largest absolute Gasteiger partial charge is 0.490 e. The molecule has 2 aromatic carbocycles. The highest BCUT2D eigenvalue weighted by molar-refractivity contribution is 6.43. The summed E-state index contributed by atoms with van der Waals surface area (Å²) in [7, 11) is -2.06. The number of nitrogens with two attached hydrogens (primary N) is 4. The topological polar surface area (TPSA) is 310 Å². The third kappa shape index (κ3) is 15.5. The third-order valence-electron chi connectivity index (χ3n) is 8.67. The van der Waals surface area contributed by atoms with Crippen molar-refractivity contribution >= 4 is 36.7 Å². The van der Waals surface area contributed by atoms with Crippen molar-refractivity contribution in [3.05, 3.63) is 59.7 Å². The molecular formula is C36H58BN9O8. The van der Waals surface area contributed by atoms with Crippen molar-refractivity contribution in [1.82, 2.24) is 26.6 Å². The van der Waals surface area contributed by atoms with Crippen molar-refractivity contribution in [3.63, 3.8) is 0 Å². The van der Waals surface area contributed by atoms with Crippen LogP contribution in [0.25, 0.3) is 11.1 Å². The number of aryl methyl sites for hydroxylation is 1. The molecule has 54 heavy (non-hydrogen) atoms. The summed E-state index contributed by atoms with van der Waals surface area (Å²) in [5.74, 6) is -4.14. The van der Waals surface area contributed by atoms with Gasteiger partial charge < -0.3 is 64.7 Å². The van der Waals surface area contributed by atoms with Crippen molar-refractivity contribution in [1.29, 1.82) is 0 Å². The molecule has 0 saturated carbocycles. The van der Waals surface area contributed by atoms with Crippen LogP contribution in [0.5, 0.6) is 0 Å². The number of nitrogens with one attached hydrogen (secondary N) is 5. The Labute approximate surface area is 316 Å². The molecule has 17 nitrogen and oxygen atoms in total. The Kier molecular flexibility index (Phi) is 20.4. The summed E-state index contributed by atoms with van der Waals surface area (Å²) in [4.78, 5) is 65.6. The molecule has 0 fully saturated rings. The first kappa shape index (κ1) is 45.7. The highest BCUT2D eigenvalue weighted by Crippen LogP contribution is 2.21. The maximum atomic E-state index is 13.5. The standard InChI is InChI=1S/C36H58BN9O8/c1-3-4-9-23-12-14-24(15-13-23)25-16-18-26(19-17-25)31(48)42-27(10-5-7-20-38)32(49)44-29(22(2)47)34(51)45-30(40)35(52)43-28(11-6-8-21-39)33(50)46-36(41)37(53)54/h12-19,22,27-30,36,47,53-54H,3-11,20-21,38-41H2,1-2H3,(H,42,48)(H,43,52)(H,44,49)(H,45,51)(H,46,50)/t22?,27-,28-,29-,30+,36+/m0/s1. The molecule has 1 unspecified atom stereocenters. The second-order valence-corrected chi connectivity index (χ2v) is 13.2. The van der Waals surface area contributed by atoms with Crippen LogP contribution in [-0.2, 0) is 25.6 Å². The number of aliphatic hydroxyl groups is 1. The van der Waals surface area contributed by atoms with E-state index in [-0.39, 0.29) is 12.8 Å². The molecule has 0 aliphatic rings. The molecular weight excluding hydrogens is 697 g/mol. The first-order valence-corrected chi connectivity index (χ1v) is 18.4. The average molecular weight is 756 g/mol. The molecule has 0 aliphatic carbocycles. The molecule has 18 heteroatoms. The van der Waals surface area contributed by atoms with Crippen LogP contribution in [0.3, 0.4) is 0 Å². The van der Waals surface area contributed by atoms with Crippen LogP contribution < -0.4 is 49.5 Å². The summed E-state index contributed by atoms with van der Waals surface area (Å²) >= 11 is 0. The molecule has 2 aromatic rings. The minimum atomic E-state index is -2.06. The predicted molar refractivity (Wildman–Crippen MR) is 206 cm³/mol. The van der Waals surface area contributed by atoms with E-state index in [9.17, 15) is 39.1 Å². The number of hydrogen-bond acceptors (Lipinski definition) is 12. The zero-order chi connectivity index (χ0) is 40.2. The van der Waals surface area contributed by atoms with Gasteiger partial charge in [0.15, 0.2) is 6.17 Å². The van der Waals surface area contributed by atoms with E-state index in [0.29, 0.717) is 44.3 Å². The summed E-state index contributed by atoms with van der Waals surface area (Å²) in [6, 6.07) is 9.73. The predicted octanol–water partition coefficient (Wildman–Crippen LogP) is -1.78. The fourth-order valence-corrected chi connectivity index (χ4v) is 5.39. The summed E-state index contributed by atoms with van der Waals surface area (Å²) in [6.45, 7) is 4.07. The molecule has 0 aliphatic heterocycles. The molecule has 0 heterocycles. The van der Waals surface area contributed by atoms with Gasteiger partial charge in [0.05, 0.1) is 6.10 Å². The highest BCUT2D eigenvalue weighted by atomic mass is 16.4. The third-order valence-corrected chi connectivity index (χ3v) is 8.67. The van der Waals surface area contributed by atoms with Gasteiger partial charge in [0.2, 0.25) is 17.7 Å². The number of amides is 5. The van der Waals surface area contributed by atoms with E-state index in [0.717, 1.165) is 30.4 Å². The Morgan fingerprint density at radius 1 is 0.667 bits per heavy atom. The van der Waals surface area contributed by atoms with Gasteiger partial charge in [-0.2, -0.15) is 0 Å². The molecule has 0 saturated heterocycles. The summed E-state index contributed by atoms with van der Waals surface area (Å²) in [5, 5.41) is 40.8. The quantitative estimate of drug-likeness (QED) is 0.0322. The lowest BCUT2D eigenvalue weighted by atomic mass is 9.86. The molecule has 0 bridgehead atoms. The van der Waals surface area contributed by atoms with Gasteiger partial charge in [0.1, 0.15) is 24.2 Å². The van der Waals surface area contributed by atoms with E-state index in [1.54, 1.807) is 12.1 Å². The lowest BCUT2D eigenvalue weighted by Gasteiger charge is -2.26. The second kappa shape index (κ2) is 24.1. The van der Waals surface area contributed by atoms with Gasteiger partial charge in [-0.1, -0.05) is 49.7 Å². The van der Waals surface area contributed by atoms with Crippen LogP contribution in [0.4, 0.5) is 0 Å². The molecule has 0 aromatic heterocycles. The number of carbonyl (C=O) groups is 5. The minimum Gasteiger partial charge on any atom is -0.425 e. The van der Waals surface area contributed by atoms with Crippen LogP contribution in [0.15, 0.2) is 48.5 Å². The SMILES string of the molecule is CCCCc1ccc(-c2ccc(C(=O)N[C@@H](CCCCN)C(=O)N[C@H](C(=O)N[C@@H](N)C(=O)N[C@@H](CCCCN)C(=O)N[C@@H](N)B(O)O)C(C)O)cc2)cc1. The maximum Gasteiger partial charge on any atom is 0.490 e. The molecule has 6 atom stereocenters. The van der Waals surface area contributed by atoms with Gasteiger partial charge in [0.25, 0.3) is 11.8 Å². The van der Waals surface area contributed by atoms with Gasteiger partial charge in [-0.25, -0.2) is 0 Å². The van der Waals surface area contributed by atoms with Crippen molar-refractivity contribution in [2.24, 2.45) is 22.9 Å². The van der Waals surface area contributed by atoms with E-state index in [4.69, 9.17) is 22.9 Å². The Hall–Kier alpha value is -4.43. The fourth-order valence-electron chi connectivity index (χ4n) is 5.39. The number of hydrogen-bond donors (Lipinski definition) is 12. The first-order valence-electron chi connectivity index (χ1n) is 18.4. The lowest BCUT2D eigenvalue weighted by molar-refractivity contribution is -0.135. The van der Waals surface area contributed by atoms with Crippen LogP contribution in [0.1, 0.15) is 81.1 Å².